The van der Waals surface area contributed by atoms with Crippen LogP contribution in [0.5, 0.6) is 5.75 Å². The first-order valence-electron chi connectivity index (χ1n) is 10.6. The van der Waals surface area contributed by atoms with E-state index in [4.69, 9.17) is 0 Å². The number of aliphatic hydroxyl groups is 5. The molecule has 7 N–H and O–H groups in total. The summed E-state index contributed by atoms with van der Waals surface area (Å²) in [6, 6.07) is 1.66. The molecule has 0 spiro atoms. The first-order chi connectivity index (χ1) is 15.6. The molecule has 0 amide bonds. The Bertz CT molecular complexity index is 1240. The van der Waals surface area contributed by atoms with Crippen LogP contribution in [-0.4, -0.2) is 84.2 Å². The number of aliphatic carboxylic acids is 1. The highest BCUT2D eigenvalue weighted by molar-refractivity contribution is 6.22. The number of ketones is 2. The lowest BCUT2D eigenvalue weighted by molar-refractivity contribution is -0.200. The highest BCUT2D eigenvalue weighted by atomic mass is 16.4. The number of aromatic hydroxyl groups is 1. The molecule has 1 saturated carbocycles. The summed E-state index contributed by atoms with van der Waals surface area (Å²) in [6.07, 6.45) is -1.98. The fourth-order valence-electron chi connectivity index (χ4n) is 5.46. The number of hydrogen-bond acceptors (Lipinski definition) is 10. The summed E-state index contributed by atoms with van der Waals surface area (Å²) in [5.41, 5.74) is -9.40. The van der Waals surface area contributed by atoms with E-state index in [0.29, 0.717) is 17.7 Å². The van der Waals surface area contributed by atoms with E-state index in [1.807, 2.05) is 0 Å². The van der Waals surface area contributed by atoms with Crippen LogP contribution in [0.25, 0.3) is 5.76 Å². The van der Waals surface area contributed by atoms with Gasteiger partial charge in [0.05, 0.1) is 11.1 Å². The van der Waals surface area contributed by atoms with Crippen LogP contribution in [0.3, 0.4) is 0 Å². The van der Waals surface area contributed by atoms with Crippen molar-refractivity contribution in [3.8, 4) is 5.75 Å². The van der Waals surface area contributed by atoms with Crippen LogP contribution >= 0.6 is 0 Å². The zero-order valence-corrected chi connectivity index (χ0v) is 18.7. The number of carbonyl (C=O) groups is 3. The van der Waals surface area contributed by atoms with Crippen LogP contribution in [0.4, 0.5) is 5.69 Å². The van der Waals surface area contributed by atoms with Crippen molar-refractivity contribution in [3.63, 3.8) is 0 Å². The van der Waals surface area contributed by atoms with E-state index in [-0.39, 0.29) is 23.3 Å². The van der Waals surface area contributed by atoms with Crippen molar-refractivity contribution in [3.05, 3.63) is 39.7 Å². The van der Waals surface area contributed by atoms with Crippen LogP contribution in [0.1, 0.15) is 36.5 Å². The predicted molar refractivity (Wildman–Crippen MR) is 116 cm³/mol. The van der Waals surface area contributed by atoms with Crippen LogP contribution in [0.2, 0.25) is 0 Å². The zero-order valence-electron chi connectivity index (χ0n) is 18.7. The molecule has 3 atom stereocenters. The SMILES string of the molecule is CCc1cc(N(C)C)c2c(c1O)C(O)=C1C(=O)C3(O)C(O)=C(C(=O)O)C(=O)CC3(O)CC1(O)C2. The zero-order chi connectivity index (χ0) is 25.5. The highest BCUT2D eigenvalue weighted by Gasteiger charge is 2.71. The van der Waals surface area contributed by atoms with Gasteiger partial charge < -0.3 is 40.6 Å². The standard InChI is InChI=1S/C23H25NO10/c1-4-9-5-11(24(2)3)10-6-21(32)8-22(33)7-12(25)14(20(30)31)18(28)23(22,34)19(29)15(21)17(27)13(10)16(9)26/h5,26-28,32-34H,4,6-8H2,1-3H3,(H,30,31). The molecule has 0 heterocycles. The van der Waals surface area contributed by atoms with Gasteiger partial charge in [-0.05, 0) is 23.6 Å². The van der Waals surface area contributed by atoms with Gasteiger partial charge in [-0.1, -0.05) is 6.92 Å². The van der Waals surface area contributed by atoms with Crippen molar-refractivity contribution >= 4 is 29.0 Å². The number of benzene rings is 1. The molecule has 0 aromatic heterocycles. The van der Waals surface area contributed by atoms with E-state index in [0.717, 1.165) is 0 Å². The van der Waals surface area contributed by atoms with Gasteiger partial charge in [-0.15, -0.1) is 0 Å². The van der Waals surface area contributed by atoms with E-state index < -0.39 is 69.8 Å². The molecule has 1 aromatic rings. The maximum atomic E-state index is 13.5. The third-order valence-electron chi connectivity index (χ3n) is 7.07. The van der Waals surface area contributed by atoms with Gasteiger partial charge in [0.25, 0.3) is 0 Å². The minimum absolute atomic E-state index is 0.154. The first-order valence-corrected chi connectivity index (χ1v) is 10.6. The summed E-state index contributed by atoms with van der Waals surface area (Å²) in [4.78, 5) is 39.1. The Balaban J connectivity index is 2.07. The number of aryl methyl sites for hydroxylation is 1. The van der Waals surface area contributed by atoms with Gasteiger partial charge in [0.2, 0.25) is 11.4 Å². The Morgan fingerprint density at radius 2 is 1.71 bits per heavy atom. The lowest BCUT2D eigenvalue weighted by atomic mass is 9.55. The number of hydrogen-bond donors (Lipinski definition) is 7. The number of rotatable bonds is 3. The van der Waals surface area contributed by atoms with E-state index >= 15 is 0 Å². The Labute approximate surface area is 193 Å². The molecule has 3 aliphatic rings. The Morgan fingerprint density at radius 1 is 1.09 bits per heavy atom. The second kappa shape index (κ2) is 7.05. The lowest BCUT2D eigenvalue weighted by Gasteiger charge is -2.54. The van der Waals surface area contributed by atoms with Crippen molar-refractivity contribution in [2.75, 3.05) is 19.0 Å². The van der Waals surface area contributed by atoms with Gasteiger partial charge in [0, 0.05) is 39.0 Å². The topological polar surface area (TPSA) is 196 Å². The molecule has 11 heteroatoms. The molecule has 4 rings (SSSR count). The third kappa shape index (κ3) is 2.71. The monoisotopic (exact) mass is 475 g/mol. The molecule has 11 nitrogen and oxygen atoms in total. The molecular formula is C23H25NO10. The number of carboxylic acids is 1. The lowest BCUT2D eigenvalue weighted by Crippen LogP contribution is -2.72. The Morgan fingerprint density at radius 3 is 2.24 bits per heavy atom. The Hall–Kier alpha value is -3.41. The van der Waals surface area contributed by atoms with Crippen LogP contribution in [0.15, 0.2) is 23.0 Å². The summed E-state index contributed by atoms with van der Waals surface area (Å²) in [5, 5.41) is 75.7. The average Bonchev–Trinajstić information content (AvgIpc) is 2.70. The second-order valence-electron chi connectivity index (χ2n) is 9.31. The molecule has 0 radical (unpaired) electrons. The smallest absolute Gasteiger partial charge is 0.342 e. The number of carbonyl (C=O) groups excluding carboxylic acids is 2. The second-order valence-corrected chi connectivity index (χ2v) is 9.31. The van der Waals surface area contributed by atoms with Crippen LogP contribution in [-0.2, 0) is 27.2 Å². The predicted octanol–water partition coefficient (Wildman–Crippen LogP) is -0.119. The number of nitrogens with zero attached hydrogens (tertiary/aromatic N) is 1. The number of anilines is 1. The van der Waals surface area contributed by atoms with E-state index in [1.165, 1.54) is 0 Å². The van der Waals surface area contributed by atoms with Gasteiger partial charge in [0.1, 0.15) is 28.3 Å². The minimum Gasteiger partial charge on any atom is -0.508 e. The van der Waals surface area contributed by atoms with Gasteiger partial charge in [0.15, 0.2) is 11.5 Å². The fraction of sp³-hybridized carbons (Fsp3) is 0.435. The summed E-state index contributed by atoms with van der Waals surface area (Å²) in [6.45, 7) is 1.76. The van der Waals surface area contributed by atoms with E-state index in [9.17, 15) is 50.1 Å². The van der Waals surface area contributed by atoms with Gasteiger partial charge >= 0.3 is 5.97 Å². The number of aliphatic hydroxyl groups excluding tert-OH is 2. The molecular weight excluding hydrogens is 450 g/mol. The molecule has 3 aliphatic carbocycles. The summed E-state index contributed by atoms with van der Waals surface area (Å²) in [7, 11) is 3.39. The average molecular weight is 475 g/mol. The van der Waals surface area contributed by atoms with Gasteiger partial charge in [-0.3, -0.25) is 9.59 Å². The van der Waals surface area contributed by atoms with Crippen molar-refractivity contribution in [2.24, 2.45) is 0 Å². The Kier molecular flexibility index (Phi) is 4.92. The number of carboxylic acid groups (broad SMARTS) is 1. The van der Waals surface area contributed by atoms with E-state index in [1.54, 1.807) is 32.0 Å². The molecule has 34 heavy (non-hydrogen) atoms. The van der Waals surface area contributed by atoms with Gasteiger partial charge in [-0.25, -0.2) is 4.79 Å². The van der Waals surface area contributed by atoms with Crippen molar-refractivity contribution in [1.82, 2.24) is 0 Å². The molecule has 182 valence electrons. The van der Waals surface area contributed by atoms with Crippen molar-refractivity contribution < 1.29 is 50.1 Å². The maximum absolute atomic E-state index is 13.5. The van der Waals surface area contributed by atoms with Crippen molar-refractivity contribution in [1.29, 1.82) is 0 Å². The summed E-state index contributed by atoms with van der Waals surface area (Å²) in [5.74, 6) is -7.51. The molecule has 0 saturated heterocycles. The van der Waals surface area contributed by atoms with Crippen LogP contribution < -0.4 is 4.90 Å². The number of fused-ring (bicyclic) bond motifs is 3. The molecule has 1 fully saturated rings. The number of Topliss-reactive ketones (excluding diaryl/α,β-unsaturated/α-hetero) is 2. The third-order valence-corrected chi connectivity index (χ3v) is 7.07. The summed E-state index contributed by atoms with van der Waals surface area (Å²) >= 11 is 0. The normalized spacial score (nSPS) is 30.6. The van der Waals surface area contributed by atoms with E-state index in [2.05, 4.69) is 0 Å². The molecule has 0 bridgehead atoms. The number of phenolic OH excluding ortho intramolecular Hbond substituents is 1. The van der Waals surface area contributed by atoms with Crippen LogP contribution in [0, 0.1) is 0 Å². The van der Waals surface area contributed by atoms with Crippen molar-refractivity contribution in [2.45, 2.75) is 49.4 Å². The molecule has 1 aromatic carbocycles. The molecule has 0 aliphatic heterocycles. The summed E-state index contributed by atoms with van der Waals surface area (Å²) < 4.78 is 0. The largest absolute Gasteiger partial charge is 0.508 e. The highest BCUT2D eigenvalue weighted by Crippen LogP contribution is 2.56. The first kappa shape index (κ1) is 23.7. The maximum Gasteiger partial charge on any atom is 0.342 e. The molecule has 3 unspecified atom stereocenters. The quantitative estimate of drug-likeness (QED) is 0.288. The minimum atomic E-state index is -3.32. The van der Waals surface area contributed by atoms with Gasteiger partial charge in [-0.2, -0.15) is 0 Å². The number of phenols is 1. The fourth-order valence-corrected chi connectivity index (χ4v) is 5.46.